The minimum absolute atomic E-state index is 0.0452. The largest absolute Gasteiger partial charge is 0.465 e. The molecule has 15 heavy (non-hydrogen) atoms. The van der Waals surface area contributed by atoms with Crippen LogP contribution in [0.25, 0.3) is 0 Å². The highest BCUT2D eigenvalue weighted by atomic mass is 79.9. The Labute approximate surface area is 94.4 Å². The summed E-state index contributed by atoms with van der Waals surface area (Å²) in [6, 6.07) is 3.22. The van der Waals surface area contributed by atoms with Crippen molar-refractivity contribution < 1.29 is 21.8 Å². The van der Waals surface area contributed by atoms with Crippen molar-refractivity contribution in [2.24, 2.45) is 0 Å². The number of hydrogen-bond donors (Lipinski definition) is 0. The highest BCUT2D eigenvalue weighted by Gasteiger charge is 2.17. The average Bonchev–Trinajstić information content (AvgIpc) is 2.15. The van der Waals surface area contributed by atoms with Crippen molar-refractivity contribution in [1.82, 2.24) is 0 Å². The molecule has 0 heterocycles. The maximum absolute atomic E-state index is 12.6. The molecule has 0 aromatic heterocycles. The molecule has 0 N–H and O–H groups in total. The van der Waals surface area contributed by atoms with Crippen molar-refractivity contribution in [2.75, 3.05) is 7.11 Å². The summed E-state index contributed by atoms with van der Waals surface area (Å²) in [5.41, 5.74) is -0.0452. The van der Waals surface area contributed by atoms with Crippen molar-refractivity contribution >= 4 is 32.1 Å². The fourth-order valence-corrected chi connectivity index (χ4v) is 1.82. The first-order valence-corrected chi connectivity index (χ1v) is 5.86. The fraction of sp³-hybridized carbons (Fsp3) is 0.125. The van der Waals surface area contributed by atoms with E-state index >= 15 is 0 Å². The predicted molar refractivity (Wildman–Crippen MR) is 53.8 cm³/mol. The zero-order chi connectivity index (χ0) is 11.6. The second-order valence-electron chi connectivity index (χ2n) is 2.57. The van der Waals surface area contributed by atoms with E-state index in [1.165, 1.54) is 6.07 Å². The Morgan fingerprint density at radius 1 is 1.47 bits per heavy atom. The van der Waals surface area contributed by atoms with Crippen LogP contribution in [0.5, 0.6) is 0 Å². The molecule has 1 rings (SSSR count). The van der Waals surface area contributed by atoms with Crippen LogP contribution < -0.4 is 0 Å². The summed E-state index contributed by atoms with van der Waals surface area (Å²) in [5, 5.41) is 0. The number of esters is 1. The van der Waals surface area contributed by atoms with Gasteiger partial charge in [0.15, 0.2) is 0 Å². The van der Waals surface area contributed by atoms with Crippen LogP contribution in [0.2, 0.25) is 0 Å². The summed E-state index contributed by atoms with van der Waals surface area (Å²) in [4.78, 5) is 10.6. The highest BCUT2D eigenvalue weighted by Crippen LogP contribution is 2.22. The quantitative estimate of drug-likeness (QED) is 0.618. The van der Waals surface area contributed by atoms with Crippen molar-refractivity contribution in [2.45, 2.75) is 4.90 Å². The van der Waals surface area contributed by atoms with Crippen molar-refractivity contribution in [1.29, 1.82) is 0 Å². The van der Waals surface area contributed by atoms with Gasteiger partial charge in [0.1, 0.15) is 0 Å². The maximum atomic E-state index is 12.6. The lowest BCUT2D eigenvalue weighted by Gasteiger charge is -2.03. The normalized spacial score (nSPS) is 11.1. The van der Waals surface area contributed by atoms with Crippen LogP contribution in [0.3, 0.4) is 0 Å². The van der Waals surface area contributed by atoms with Crippen LogP contribution in [0, 0.1) is 0 Å². The summed E-state index contributed by atoms with van der Waals surface area (Å²) in [6.45, 7) is 0. The molecule has 1 aromatic carbocycles. The van der Waals surface area contributed by atoms with E-state index in [4.69, 9.17) is 0 Å². The number of ether oxygens (including phenoxy) is 1. The monoisotopic (exact) mass is 296 g/mol. The number of benzene rings is 1. The second-order valence-corrected chi connectivity index (χ2v) is 4.77. The molecule has 82 valence electrons. The van der Waals surface area contributed by atoms with Crippen LogP contribution in [-0.4, -0.2) is 21.5 Å². The molecule has 0 fully saturated rings. The lowest BCUT2D eigenvalue weighted by molar-refractivity contribution is 0.0599. The molecule has 0 saturated heterocycles. The van der Waals surface area contributed by atoms with E-state index in [1.807, 2.05) is 0 Å². The zero-order valence-corrected chi connectivity index (χ0v) is 9.93. The van der Waals surface area contributed by atoms with Gasteiger partial charge < -0.3 is 4.74 Å². The number of rotatable bonds is 2. The third kappa shape index (κ3) is 2.75. The Kier molecular flexibility index (Phi) is 3.46. The van der Waals surface area contributed by atoms with Crippen molar-refractivity contribution in [3.8, 4) is 0 Å². The van der Waals surface area contributed by atoms with Gasteiger partial charge in [0.2, 0.25) is 0 Å². The summed E-state index contributed by atoms with van der Waals surface area (Å²) >= 11 is 3.02. The summed E-state index contributed by atoms with van der Waals surface area (Å²) < 4.78 is 38.5. The van der Waals surface area contributed by atoms with Gasteiger partial charge in [0.25, 0.3) is 0 Å². The molecular weight excluding hydrogens is 291 g/mol. The van der Waals surface area contributed by atoms with Gasteiger partial charge in [0.05, 0.1) is 17.6 Å². The Morgan fingerprint density at radius 3 is 2.53 bits per heavy atom. The first kappa shape index (κ1) is 12.1. The molecule has 0 aliphatic carbocycles. The third-order valence-electron chi connectivity index (χ3n) is 1.62. The molecule has 7 heteroatoms. The standard InChI is InChI=1S/C8H6BrFO4S/c1-14-8(11)6-4-5(15(10,12)13)2-3-7(6)9/h2-4H,1H3. The third-order valence-corrected chi connectivity index (χ3v) is 3.13. The van der Waals surface area contributed by atoms with E-state index in [0.717, 1.165) is 19.2 Å². The second kappa shape index (κ2) is 4.28. The molecule has 0 unspecified atom stereocenters. The summed E-state index contributed by atoms with van der Waals surface area (Å²) in [6.07, 6.45) is 0. The minimum atomic E-state index is -4.81. The topological polar surface area (TPSA) is 60.4 Å². The zero-order valence-electron chi connectivity index (χ0n) is 7.53. The van der Waals surface area contributed by atoms with Gasteiger partial charge in [-0.25, -0.2) is 4.79 Å². The number of carbonyl (C=O) groups excluding carboxylic acids is 1. The average molecular weight is 297 g/mol. The van der Waals surface area contributed by atoms with Crippen LogP contribution >= 0.6 is 15.9 Å². The number of halogens is 2. The lowest BCUT2D eigenvalue weighted by atomic mass is 10.2. The molecule has 0 amide bonds. The molecule has 1 aromatic rings. The Balaban J connectivity index is 3.36. The molecule has 0 radical (unpaired) electrons. The molecule has 0 aliphatic rings. The van der Waals surface area contributed by atoms with Gasteiger partial charge in [0, 0.05) is 4.47 Å². The molecule has 0 saturated carbocycles. The predicted octanol–water partition coefficient (Wildman–Crippen LogP) is 1.89. The van der Waals surface area contributed by atoms with E-state index < -0.39 is 21.1 Å². The van der Waals surface area contributed by atoms with Crippen molar-refractivity contribution in [3.63, 3.8) is 0 Å². The van der Waals surface area contributed by atoms with E-state index in [-0.39, 0.29) is 5.56 Å². The van der Waals surface area contributed by atoms with E-state index in [1.54, 1.807) is 0 Å². The maximum Gasteiger partial charge on any atom is 0.339 e. The van der Waals surface area contributed by atoms with Crippen LogP contribution in [0.4, 0.5) is 3.89 Å². The molecule has 0 spiro atoms. The van der Waals surface area contributed by atoms with E-state index in [9.17, 15) is 17.1 Å². The molecule has 0 atom stereocenters. The van der Waals surface area contributed by atoms with Crippen LogP contribution in [-0.2, 0) is 15.0 Å². The van der Waals surface area contributed by atoms with Gasteiger partial charge in [-0.05, 0) is 34.1 Å². The molecule has 0 bridgehead atoms. The van der Waals surface area contributed by atoms with E-state index in [2.05, 4.69) is 20.7 Å². The smallest absolute Gasteiger partial charge is 0.339 e. The number of methoxy groups -OCH3 is 1. The number of hydrogen-bond acceptors (Lipinski definition) is 4. The molecular formula is C8H6BrFO4S. The Morgan fingerprint density at radius 2 is 2.07 bits per heavy atom. The first-order chi connectivity index (χ1) is 6.86. The number of carbonyl (C=O) groups is 1. The van der Waals surface area contributed by atoms with Gasteiger partial charge in [-0.1, -0.05) is 0 Å². The van der Waals surface area contributed by atoms with E-state index in [0.29, 0.717) is 4.47 Å². The van der Waals surface area contributed by atoms with Gasteiger partial charge in [-0.2, -0.15) is 8.42 Å². The summed E-state index contributed by atoms with van der Waals surface area (Å²) in [5.74, 6) is -0.743. The van der Waals surface area contributed by atoms with Crippen LogP contribution in [0.15, 0.2) is 27.6 Å². The Hall–Kier alpha value is -0.950. The minimum Gasteiger partial charge on any atom is -0.465 e. The fourth-order valence-electron chi connectivity index (χ4n) is 0.922. The van der Waals surface area contributed by atoms with Gasteiger partial charge in [-0.15, -0.1) is 3.89 Å². The van der Waals surface area contributed by atoms with Gasteiger partial charge in [-0.3, -0.25) is 0 Å². The Bertz CT molecular complexity index is 497. The molecule has 4 nitrogen and oxygen atoms in total. The lowest BCUT2D eigenvalue weighted by Crippen LogP contribution is -2.04. The van der Waals surface area contributed by atoms with Crippen LogP contribution in [0.1, 0.15) is 10.4 Å². The van der Waals surface area contributed by atoms with Gasteiger partial charge >= 0.3 is 16.2 Å². The van der Waals surface area contributed by atoms with Crippen molar-refractivity contribution in [3.05, 3.63) is 28.2 Å². The first-order valence-electron chi connectivity index (χ1n) is 3.69. The summed E-state index contributed by atoms with van der Waals surface area (Å²) in [7, 11) is -3.67. The molecule has 0 aliphatic heterocycles. The highest BCUT2D eigenvalue weighted by molar-refractivity contribution is 9.10. The SMILES string of the molecule is COC(=O)c1cc(S(=O)(=O)F)ccc1Br.